The van der Waals surface area contributed by atoms with E-state index in [0.717, 1.165) is 5.56 Å². The molecular formula is C16H22BClO4. The molecule has 2 N–H and O–H groups in total. The van der Waals surface area contributed by atoms with Crippen LogP contribution in [0.2, 0.25) is 5.02 Å². The van der Waals surface area contributed by atoms with Crippen LogP contribution in [-0.4, -0.2) is 35.1 Å². The Morgan fingerprint density at radius 2 is 1.77 bits per heavy atom. The van der Waals surface area contributed by atoms with Crippen LogP contribution < -0.4 is 0 Å². The summed E-state index contributed by atoms with van der Waals surface area (Å²) < 4.78 is 11.9. The zero-order valence-electron chi connectivity index (χ0n) is 13.4. The smallest absolute Gasteiger partial charge is 0.400 e. The highest BCUT2D eigenvalue weighted by atomic mass is 35.5. The summed E-state index contributed by atoms with van der Waals surface area (Å²) in [6.07, 6.45) is 1.75. The molecule has 0 amide bonds. The predicted octanol–water partition coefficient (Wildman–Crippen LogP) is 2.84. The van der Waals surface area contributed by atoms with Crippen LogP contribution in [0.3, 0.4) is 0 Å². The zero-order chi connectivity index (χ0) is 16.5. The first-order chi connectivity index (χ1) is 10.2. The van der Waals surface area contributed by atoms with Gasteiger partial charge in [0.15, 0.2) is 0 Å². The molecule has 4 nitrogen and oxygen atoms in total. The number of aliphatic hydroxyl groups excluding tert-OH is 2. The van der Waals surface area contributed by atoms with Crippen molar-refractivity contribution in [3.05, 3.63) is 39.8 Å². The van der Waals surface area contributed by atoms with Crippen LogP contribution in [0.5, 0.6) is 0 Å². The standard InChI is InChI=1S/C16H22BClO4/c1-15(2)16(3,4)22-17(21-15)13(10-20)8-12-7-11(9-19)5-6-14(12)18/h5-8,19-20H,9-10H2,1-4H3. The average Bonchev–Trinajstić information content (AvgIpc) is 2.66. The SMILES string of the molecule is CC1(C)OB(C(=Cc2cc(CO)ccc2Cl)CO)OC1(C)C. The van der Waals surface area contributed by atoms with Gasteiger partial charge >= 0.3 is 7.12 Å². The van der Waals surface area contributed by atoms with E-state index < -0.39 is 18.3 Å². The summed E-state index contributed by atoms with van der Waals surface area (Å²) in [4.78, 5) is 0. The third-order valence-corrected chi connectivity index (χ3v) is 4.67. The number of halogens is 1. The van der Waals surface area contributed by atoms with Gasteiger partial charge in [-0.1, -0.05) is 23.7 Å². The largest absolute Gasteiger partial charge is 0.492 e. The van der Waals surface area contributed by atoms with Gasteiger partial charge in [-0.2, -0.15) is 0 Å². The molecule has 1 fully saturated rings. The molecular weight excluding hydrogens is 302 g/mol. The summed E-state index contributed by atoms with van der Waals surface area (Å²) in [7, 11) is -0.621. The van der Waals surface area contributed by atoms with Crippen molar-refractivity contribution in [1.29, 1.82) is 0 Å². The third-order valence-electron chi connectivity index (χ3n) is 4.32. The van der Waals surface area contributed by atoms with Crippen molar-refractivity contribution < 1.29 is 19.5 Å². The number of hydrogen-bond donors (Lipinski definition) is 2. The zero-order valence-corrected chi connectivity index (χ0v) is 14.1. The third kappa shape index (κ3) is 3.39. The van der Waals surface area contributed by atoms with Gasteiger partial charge in [0, 0.05) is 5.02 Å². The molecule has 1 aromatic carbocycles. The molecule has 0 spiro atoms. The Labute approximate surface area is 136 Å². The Morgan fingerprint density at radius 3 is 2.27 bits per heavy atom. The molecule has 120 valence electrons. The van der Waals surface area contributed by atoms with E-state index in [1.165, 1.54) is 0 Å². The van der Waals surface area contributed by atoms with E-state index in [1.807, 2.05) is 27.7 Å². The van der Waals surface area contributed by atoms with Crippen LogP contribution in [0, 0.1) is 0 Å². The lowest BCUT2D eigenvalue weighted by Gasteiger charge is -2.32. The first-order valence-electron chi connectivity index (χ1n) is 7.26. The highest BCUT2D eigenvalue weighted by Crippen LogP contribution is 2.39. The van der Waals surface area contributed by atoms with E-state index in [2.05, 4.69) is 0 Å². The molecule has 0 unspecified atom stereocenters. The average molecular weight is 325 g/mol. The van der Waals surface area contributed by atoms with E-state index in [9.17, 15) is 10.2 Å². The van der Waals surface area contributed by atoms with Gasteiger partial charge in [-0.25, -0.2) is 0 Å². The Morgan fingerprint density at radius 1 is 1.18 bits per heavy atom. The number of aliphatic hydroxyl groups is 2. The number of hydrogen-bond acceptors (Lipinski definition) is 4. The summed E-state index contributed by atoms with van der Waals surface area (Å²) >= 11 is 6.18. The summed E-state index contributed by atoms with van der Waals surface area (Å²) in [6.45, 7) is 7.57. The van der Waals surface area contributed by atoms with E-state index >= 15 is 0 Å². The molecule has 0 radical (unpaired) electrons. The molecule has 0 aliphatic carbocycles. The minimum Gasteiger partial charge on any atom is -0.400 e. The van der Waals surface area contributed by atoms with Crippen molar-refractivity contribution in [2.75, 3.05) is 6.61 Å². The van der Waals surface area contributed by atoms with Gasteiger partial charge in [-0.15, -0.1) is 0 Å². The number of benzene rings is 1. The first-order valence-corrected chi connectivity index (χ1v) is 7.64. The molecule has 1 aliphatic heterocycles. The Kier molecular flexibility index (Phi) is 5.04. The maximum Gasteiger partial charge on any atom is 0.492 e. The number of rotatable bonds is 4. The second kappa shape index (κ2) is 6.34. The van der Waals surface area contributed by atoms with Crippen molar-refractivity contribution in [1.82, 2.24) is 0 Å². The minimum absolute atomic E-state index is 0.0665. The maximum absolute atomic E-state index is 9.68. The van der Waals surface area contributed by atoms with E-state index in [4.69, 9.17) is 20.9 Å². The lowest BCUT2D eigenvalue weighted by Crippen LogP contribution is -2.41. The fourth-order valence-corrected chi connectivity index (χ4v) is 2.36. The minimum atomic E-state index is -0.621. The van der Waals surface area contributed by atoms with Crippen LogP contribution in [0.15, 0.2) is 23.7 Å². The van der Waals surface area contributed by atoms with Crippen molar-refractivity contribution in [3.63, 3.8) is 0 Å². The topological polar surface area (TPSA) is 58.9 Å². The molecule has 1 aliphatic rings. The van der Waals surface area contributed by atoms with E-state index in [1.54, 1.807) is 24.3 Å². The van der Waals surface area contributed by atoms with Crippen molar-refractivity contribution in [2.24, 2.45) is 0 Å². The van der Waals surface area contributed by atoms with E-state index in [-0.39, 0.29) is 13.2 Å². The molecule has 0 saturated carbocycles. The summed E-state index contributed by atoms with van der Waals surface area (Å²) in [5, 5.41) is 19.5. The lowest BCUT2D eigenvalue weighted by atomic mass is 9.77. The Balaban J connectivity index is 2.33. The molecule has 1 saturated heterocycles. The molecule has 6 heteroatoms. The van der Waals surface area contributed by atoms with Gasteiger partial charge < -0.3 is 19.5 Å². The van der Waals surface area contributed by atoms with Crippen LogP contribution in [0.25, 0.3) is 6.08 Å². The van der Waals surface area contributed by atoms with Gasteiger partial charge in [0.05, 0.1) is 24.4 Å². The molecule has 2 rings (SSSR count). The Bertz CT molecular complexity index is 568. The molecule has 0 aromatic heterocycles. The van der Waals surface area contributed by atoms with Gasteiger partial charge in [0.25, 0.3) is 0 Å². The van der Waals surface area contributed by atoms with E-state index in [0.29, 0.717) is 16.1 Å². The van der Waals surface area contributed by atoms with Crippen molar-refractivity contribution in [3.8, 4) is 0 Å². The summed E-state index contributed by atoms with van der Waals surface area (Å²) in [6, 6.07) is 5.26. The fourth-order valence-electron chi connectivity index (χ4n) is 2.18. The molecule has 0 atom stereocenters. The van der Waals surface area contributed by atoms with Crippen LogP contribution in [0.1, 0.15) is 38.8 Å². The van der Waals surface area contributed by atoms with Gasteiger partial charge in [-0.3, -0.25) is 0 Å². The maximum atomic E-state index is 9.68. The van der Waals surface area contributed by atoms with Crippen molar-refractivity contribution >= 4 is 24.8 Å². The van der Waals surface area contributed by atoms with Gasteiger partial charge in [-0.05, 0) is 56.4 Å². The highest BCUT2D eigenvalue weighted by molar-refractivity contribution is 6.56. The molecule has 0 bridgehead atoms. The normalized spacial score (nSPS) is 20.5. The predicted molar refractivity (Wildman–Crippen MR) is 88.5 cm³/mol. The van der Waals surface area contributed by atoms with Crippen LogP contribution in [0.4, 0.5) is 0 Å². The van der Waals surface area contributed by atoms with Crippen molar-refractivity contribution in [2.45, 2.75) is 45.5 Å². The summed E-state index contributed by atoms with van der Waals surface area (Å²) in [5.41, 5.74) is 1.12. The first kappa shape index (κ1) is 17.5. The Hall–Kier alpha value is -0.845. The quantitative estimate of drug-likeness (QED) is 0.836. The lowest BCUT2D eigenvalue weighted by molar-refractivity contribution is 0.00578. The van der Waals surface area contributed by atoms with Gasteiger partial charge in [0.2, 0.25) is 0 Å². The summed E-state index contributed by atoms with van der Waals surface area (Å²) in [5.74, 6) is 0. The molecule has 1 heterocycles. The second-order valence-corrected chi connectivity index (χ2v) is 6.89. The second-order valence-electron chi connectivity index (χ2n) is 6.48. The fraction of sp³-hybridized carbons (Fsp3) is 0.500. The monoisotopic (exact) mass is 324 g/mol. The van der Waals surface area contributed by atoms with Gasteiger partial charge in [0.1, 0.15) is 0 Å². The van der Waals surface area contributed by atoms with Crippen LogP contribution >= 0.6 is 11.6 Å². The highest BCUT2D eigenvalue weighted by Gasteiger charge is 2.52. The van der Waals surface area contributed by atoms with Crippen LogP contribution in [-0.2, 0) is 15.9 Å². The molecule has 22 heavy (non-hydrogen) atoms. The molecule has 1 aromatic rings.